The normalized spacial score (nSPS) is 12.8. The van der Waals surface area contributed by atoms with Gasteiger partial charge in [0.15, 0.2) is 0 Å². The Balaban J connectivity index is 3.35. The molecule has 0 saturated heterocycles. The molecule has 0 aliphatic heterocycles. The second kappa shape index (κ2) is 60.6. The summed E-state index contributed by atoms with van der Waals surface area (Å²) in [4.78, 5) is 24.5. The predicted octanol–water partition coefficient (Wildman–Crippen LogP) is 20.0. The van der Waals surface area contributed by atoms with Crippen LogP contribution in [0.5, 0.6) is 0 Å². The molecule has 0 spiro atoms. The van der Waals surface area contributed by atoms with Gasteiger partial charge in [0.25, 0.3) is 0 Å². The number of aliphatic hydroxyl groups is 2. The average molecular weight is 999 g/mol. The van der Waals surface area contributed by atoms with Crippen LogP contribution in [0.25, 0.3) is 0 Å². The quantitative estimate of drug-likeness (QED) is 0.0321. The molecule has 0 aliphatic carbocycles. The average Bonchev–Trinajstić information content (AvgIpc) is 3.37. The van der Waals surface area contributed by atoms with Gasteiger partial charge in [0.05, 0.1) is 25.4 Å². The number of aliphatic hydroxyl groups excluding tert-OH is 2. The van der Waals surface area contributed by atoms with Gasteiger partial charge in [0.1, 0.15) is 0 Å². The van der Waals surface area contributed by atoms with E-state index in [1.807, 2.05) is 6.08 Å². The van der Waals surface area contributed by atoms with E-state index in [1.54, 1.807) is 6.08 Å². The van der Waals surface area contributed by atoms with Gasteiger partial charge >= 0.3 is 5.97 Å². The maximum absolute atomic E-state index is 12.4. The zero-order valence-electron chi connectivity index (χ0n) is 47.7. The molecule has 0 heterocycles. The van der Waals surface area contributed by atoms with Gasteiger partial charge in [-0.15, -0.1) is 0 Å². The molecular weight excluding hydrogens is 875 g/mol. The van der Waals surface area contributed by atoms with Gasteiger partial charge < -0.3 is 20.3 Å². The molecule has 6 nitrogen and oxygen atoms in total. The van der Waals surface area contributed by atoms with Crippen LogP contribution in [0.2, 0.25) is 0 Å². The molecule has 3 N–H and O–H groups in total. The van der Waals surface area contributed by atoms with Crippen LogP contribution < -0.4 is 5.32 Å². The number of nitrogens with one attached hydrogen (secondary N) is 1. The van der Waals surface area contributed by atoms with Crippen molar-refractivity contribution in [3.8, 4) is 0 Å². The van der Waals surface area contributed by atoms with Crippen molar-refractivity contribution in [3.63, 3.8) is 0 Å². The Morgan fingerprint density at radius 2 is 0.662 bits per heavy atom. The minimum Gasteiger partial charge on any atom is -0.466 e. The maximum Gasteiger partial charge on any atom is 0.305 e. The van der Waals surface area contributed by atoms with Crippen molar-refractivity contribution in [1.29, 1.82) is 0 Å². The molecule has 71 heavy (non-hydrogen) atoms. The zero-order chi connectivity index (χ0) is 51.4. The third kappa shape index (κ3) is 57.2. The first-order valence-electron chi connectivity index (χ1n) is 31.8. The first-order valence-corrected chi connectivity index (χ1v) is 31.8. The minimum atomic E-state index is -0.842. The number of ether oxygens (including phenoxy) is 1. The molecule has 6 heteroatoms. The van der Waals surface area contributed by atoms with Crippen LogP contribution in [0, 0.1) is 0 Å². The molecule has 0 fully saturated rings. The first-order chi connectivity index (χ1) is 35.0. The summed E-state index contributed by atoms with van der Waals surface area (Å²) in [5.41, 5.74) is 0. The fourth-order valence-corrected chi connectivity index (χ4v) is 9.74. The van der Waals surface area contributed by atoms with E-state index < -0.39 is 12.1 Å². The molecule has 1 amide bonds. The highest BCUT2D eigenvalue weighted by molar-refractivity contribution is 5.76. The summed E-state index contributed by atoms with van der Waals surface area (Å²) >= 11 is 0. The van der Waals surface area contributed by atoms with E-state index in [2.05, 4.69) is 43.5 Å². The summed E-state index contributed by atoms with van der Waals surface area (Å²) < 4.78 is 5.49. The number of carbonyl (C=O) groups excluding carboxylic acids is 2. The first kappa shape index (κ1) is 69.1. The van der Waals surface area contributed by atoms with E-state index in [9.17, 15) is 19.8 Å². The fourth-order valence-electron chi connectivity index (χ4n) is 9.74. The standard InChI is InChI=1S/C65H123NO5/c1-3-5-7-9-11-13-14-15-16-29-33-36-39-43-47-51-55-59-65(70)71-60-56-52-48-44-40-37-34-31-28-26-24-22-20-18-17-19-21-23-25-27-30-32-35-38-42-46-50-54-58-64(69)66-62(61-67)63(68)57-53-49-45-41-12-10-8-6-4-2/h15-18,53,57,62-63,67-68H,3-14,19-52,54-56,58-61H2,1-2H3,(H,66,69)/b16-15-,18-17-,57-53+. The van der Waals surface area contributed by atoms with Crippen LogP contribution in [0.4, 0.5) is 0 Å². The number of hydrogen-bond donors (Lipinski definition) is 3. The van der Waals surface area contributed by atoms with Crippen molar-refractivity contribution >= 4 is 11.9 Å². The molecule has 2 atom stereocenters. The summed E-state index contributed by atoms with van der Waals surface area (Å²) in [5.74, 6) is -0.0581. The van der Waals surface area contributed by atoms with Crippen LogP contribution >= 0.6 is 0 Å². The number of esters is 1. The summed E-state index contributed by atoms with van der Waals surface area (Å²) in [5, 5.41) is 22.9. The summed E-state index contributed by atoms with van der Waals surface area (Å²) in [6, 6.07) is -0.626. The van der Waals surface area contributed by atoms with Crippen molar-refractivity contribution in [3.05, 3.63) is 36.5 Å². The smallest absolute Gasteiger partial charge is 0.305 e. The Morgan fingerprint density at radius 1 is 0.380 bits per heavy atom. The summed E-state index contributed by atoms with van der Waals surface area (Å²) in [6.45, 7) is 4.88. The van der Waals surface area contributed by atoms with Crippen LogP contribution in [-0.2, 0) is 14.3 Å². The predicted molar refractivity (Wildman–Crippen MR) is 310 cm³/mol. The third-order valence-electron chi connectivity index (χ3n) is 14.6. The Labute approximate surface area is 443 Å². The zero-order valence-corrected chi connectivity index (χ0v) is 47.7. The Morgan fingerprint density at radius 3 is 1.00 bits per heavy atom. The molecule has 0 bridgehead atoms. The van der Waals surface area contributed by atoms with Crippen LogP contribution in [0.3, 0.4) is 0 Å². The number of allylic oxidation sites excluding steroid dienone is 5. The Hall–Kier alpha value is -1.92. The molecule has 0 saturated carbocycles. The van der Waals surface area contributed by atoms with Crippen LogP contribution in [-0.4, -0.2) is 47.4 Å². The highest BCUT2D eigenvalue weighted by atomic mass is 16.5. The van der Waals surface area contributed by atoms with E-state index in [4.69, 9.17) is 4.74 Å². The third-order valence-corrected chi connectivity index (χ3v) is 14.6. The number of carbonyl (C=O) groups is 2. The van der Waals surface area contributed by atoms with E-state index >= 15 is 0 Å². The van der Waals surface area contributed by atoms with Gasteiger partial charge in [-0.2, -0.15) is 0 Å². The Bertz CT molecular complexity index is 1150. The monoisotopic (exact) mass is 998 g/mol. The van der Waals surface area contributed by atoms with Crippen molar-refractivity contribution in [1.82, 2.24) is 5.32 Å². The fraction of sp³-hybridized carbons (Fsp3) is 0.877. The van der Waals surface area contributed by atoms with E-state index in [0.29, 0.717) is 19.4 Å². The molecule has 0 aromatic heterocycles. The van der Waals surface area contributed by atoms with Crippen molar-refractivity contribution in [2.75, 3.05) is 13.2 Å². The molecule has 0 rings (SSSR count). The second-order valence-electron chi connectivity index (χ2n) is 21.7. The summed E-state index contributed by atoms with van der Waals surface area (Å²) in [7, 11) is 0. The lowest BCUT2D eigenvalue weighted by atomic mass is 10.0. The molecule has 0 aliphatic rings. The van der Waals surface area contributed by atoms with Gasteiger partial charge in [-0.25, -0.2) is 0 Å². The van der Waals surface area contributed by atoms with Crippen LogP contribution in [0.1, 0.15) is 341 Å². The molecule has 2 unspecified atom stereocenters. The molecule has 418 valence electrons. The van der Waals surface area contributed by atoms with Crippen molar-refractivity contribution in [2.45, 2.75) is 353 Å². The lowest BCUT2D eigenvalue weighted by Gasteiger charge is -2.20. The van der Waals surface area contributed by atoms with Gasteiger partial charge in [-0.1, -0.05) is 281 Å². The molecular formula is C65H123NO5. The SMILES string of the molecule is CCCCCCCC/C=C\CCCCCCCCCC(=O)OCCCCCCCCCCCCCC/C=C\CCCCCCCCCCCCCCC(=O)NC(CO)C(O)/C=C/CCCCCCCCC. The number of hydrogen-bond acceptors (Lipinski definition) is 5. The second-order valence-corrected chi connectivity index (χ2v) is 21.7. The topological polar surface area (TPSA) is 95.9 Å². The van der Waals surface area contributed by atoms with E-state index in [1.165, 1.54) is 270 Å². The largest absolute Gasteiger partial charge is 0.466 e. The lowest BCUT2D eigenvalue weighted by Crippen LogP contribution is -2.45. The molecule has 0 radical (unpaired) electrons. The van der Waals surface area contributed by atoms with Crippen molar-refractivity contribution in [2.24, 2.45) is 0 Å². The Kier molecular flexibility index (Phi) is 59.0. The van der Waals surface area contributed by atoms with Crippen LogP contribution in [0.15, 0.2) is 36.5 Å². The lowest BCUT2D eigenvalue weighted by molar-refractivity contribution is -0.143. The minimum absolute atomic E-state index is 0.0120. The van der Waals surface area contributed by atoms with Gasteiger partial charge in [0.2, 0.25) is 5.91 Å². The highest BCUT2D eigenvalue weighted by Gasteiger charge is 2.18. The maximum atomic E-state index is 12.4. The van der Waals surface area contributed by atoms with E-state index in [-0.39, 0.29) is 18.5 Å². The number of rotatable bonds is 59. The molecule has 0 aromatic rings. The number of unbranched alkanes of at least 4 members (excludes halogenated alkanes) is 44. The summed E-state index contributed by atoms with van der Waals surface area (Å²) in [6.07, 6.45) is 76.4. The van der Waals surface area contributed by atoms with Gasteiger partial charge in [-0.3, -0.25) is 9.59 Å². The number of amides is 1. The van der Waals surface area contributed by atoms with E-state index in [0.717, 1.165) is 44.9 Å². The van der Waals surface area contributed by atoms with Gasteiger partial charge in [0, 0.05) is 12.8 Å². The van der Waals surface area contributed by atoms with Gasteiger partial charge in [-0.05, 0) is 83.5 Å². The highest BCUT2D eigenvalue weighted by Crippen LogP contribution is 2.17. The molecule has 0 aromatic carbocycles. The van der Waals surface area contributed by atoms with Crippen molar-refractivity contribution < 1.29 is 24.5 Å².